The second-order valence-electron chi connectivity index (χ2n) is 1.89. The fraction of sp³-hybridized carbons (Fsp3) is 0.167. The summed E-state index contributed by atoms with van der Waals surface area (Å²) in [6, 6.07) is 1.80. The van der Waals surface area contributed by atoms with E-state index >= 15 is 0 Å². The van der Waals surface area contributed by atoms with Crippen molar-refractivity contribution in [3.05, 3.63) is 17.3 Å². The van der Waals surface area contributed by atoms with Gasteiger partial charge in [0.05, 0.1) is 6.61 Å². The molecular weight excluding hydrogens is 150 g/mol. The molecule has 0 amide bonds. The van der Waals surface area contributed by atoms with Gasteiger partial charge in [-0.05, 0) is 6.07 Å². The standard InChI is InChI=1S/C6H5NO2S/c8-2-4-1-5-6(10-4)7-3-9-5/h1,3,8H,2H2. The van der Waals surface area contributed by atoms with Gasteiger partial charge in [-0.3, -0.25) is 0 Å². The molecule has 0 aromatic carbocycles. The van der Waals surface area contributed by atoms with Crippen LogP contribution in [0.25, 0.3) is 10.4 Å². The third-order valence-electron chi connectivity index (χ3n) is 1.24. The van der Waals surface area contributed by atoms with Crippen molar-refractivity contribution >= 4 is 21.8 Å². The number of aliphatic hydroxyl groups excluding tert-OH is 1. The van der Waals surface area contributed by atoms with Gasteiger partial charge in [0.2, 0.25) is 0 Å². The van der Waals surface area contributed by atoms with Crippen LogP contribution in [-0.4, -0.2) is 10.1 Å². The zero-order chi connectivity index (χ0) is 6.97. The fourth-order valence-corrected chi connectivity index (χ4v) is 1.58. The highest BCUT2D eigenvalue weighted by atomic mass is 32.1. The van der Waals surface area contributed by atoms with Gasteiger partial charge >= 0.3 is 0 Å². The first kappa shape index (κ1) is 5.88. The lowest BCUT2D eigenvalue weighted by Gasteiger charge is -1.79. The van der Waals surface area contributed by atoms with Gasteiger partial charge < -0.3 is 9.52 Å². The first-order chi connectivity index (χ1) is 4.90. The van der Waals surface area contributed by atoms with Crippen molar-refractivity contribution in [2.75, 3.05) is 0 Å². The van der Waals surface area contributed by atoms with Gasteiger partial charge in [-0.25, -0.2) is 4.98 Å². The Morgan fingerprint density at radius 3 is 3.30 bits per heavy atom. The van der Waals surface area contributed by atoms with Gasteiger partial charge in [0, 0.05) is 4.88 Å². The Hall–Kier alpha value is -0.870. The van der Waals surface area contributed by atoms with Crippen molar-refractivity contribution in [1.29, 1.82) is 0 Å². The first-order valence-corrected chi connectivity index (χ1v) is 3.64. The summed E-state index contributed by atoms with van der Waals surface area (Å²) in [5, 5.41) is 8.70. The smallest absolute Gasteiger partial charge is 0.182 e. The van der Waals surface area contributed by atoms with E-state index in [4.69, 9.17) is 9.52 Å². The summed E-state index contributed by atoms with van der Waals surface area (Å²) < 4.78 is 4.99. The van der Waals surface area contributed by atoms with Crippen LogP contribution in [0.2, 0.25) is 0 Å². The molecule has 0 aliphatic carbocycles. The molecule has 0 saturated heterocycles. The van der Waals surface area contributed by atoms with Gasteiger partial charge in [-0.2, -0.15) is 0 Å². The van der Waals surface area contributed by atoms with Crippen molar-refractivity contribution in [2.24, 2.45) is 0 Å². The van der Waals surface area contributed by atoms with E-state index in [2.05, 4.69) is 4.98 Å². The summed E-state index contributed by atoms with van der Waals surface area (Å²) in [4.78, 5) is 5.67. The second-order valence-corrected chi connectivity index (χ2v) is 3.01. The van der Waals surface area contributed by atoms with Crippen LogP contribution >= 0.6 is 11.3 Å². The fourth-order valence-electron chi connectivity index (χ4n) is 0.795. The Kier molecular flexibility index (Phi) is 1.22. The lowest BCUT2D eigenvalue weighted by molar-refractivity contribution is 0.285. The van der Waals surface area contributed by atoms with Gasteiger partial charge in [0.1, 0.15) is 0 Å². The lowest BCUT2D eigenvalue weighted by atomic mass is 10.5. The molecule has 0 bridgehead atoms. The molecule has 0 spiro atoms. The average molecular weight is 155 g/mol. The molecule has 4 heteroatoms. The largest absolute Gasteiger partial charge is 0.443 e. The van der Waals surface area contributed by atoms with E-state index in [0.717, 1.165) is 15.3 Å². The van der Waals surface area contributed by atoms with Crippen molar-refractivity contribution in [3.63, 3.8) is 0 Å². The molecule has 2 aromatic rings. The van der Waals surface area contributed by atoms with E-state index in [1.165, 1.54) is 17.7 Å². The van der Waals surface area contributed by atoms with Crippen molar-refractivity contribution in [1.82, 2.24) is 4.98 Å². The average Bonchev–Trinajstić information content (AvgIpc) is 2.42. The number of aliphatic hydroxyl groups is 1. The third-order valence-corrected chi connectivity index (χ3v) is 2.25. The normalized spacial score (nSPS) is 10.9. The number of rotatable bonds is 1. The molecule has 0 atom stereocenters. The van der Waals surface area contributed by atoms with Crippen LogP contribution in [0, 0.1) is 0 Å². The maximum atomic E-state index is 8.70. The maximum Gasteiger partial charge on any atom is 0.182 e. The van der Waals surface area contributed by atoms with E-state index in [1.807, 2.05) is 0 Å². The van der Waals surface area contributed by atoms with Gasteiger partial charge in [-0.15, -0.1) is 11.3 Å². The van der Waals surface area contributed by atoms with Crippen molar-refractivity contribution in [2.45, 2.75) is 6.61 Å². The lowest BCUT2D eigenvalue weighted by Crippen LogP contribution is -1.70. The molecule has 0 unspecified atom stereocenters. The molecule has 0 saturated carbocycles. The number of fused-ring (bicyclic) bond motifs is 1. The van der Waals surface area contributed by atoms with Crippen LogP contribution in [0.1, 0.15) is 4.88 Å². The Bertz CT molecular complexity index is 309. The van der Waals surface area contributed by atoms with Gasteiger partial charge in [-0.1, -0.05) is 0 Å². The molecule has 2 rings (SSSR count). The van der Waals surface area contributed by atoms with Crippen molar-refractivity contribution in [3.8, 4) is 0 Å². The number of hydrogen-bond acceptors (Lipinski definition) is 4. The Balaban J connectivity index is 2.67. The summed E-state index contributed by atoms with van der Waals surface area (Å²) in [5.41, 5.74) is 0.758. The second kappa shape index (κ2) is 2.07. The monoisotopic (exact) mass is 155 g/mol. The summed E-state index contributed by atoms with van der Waals surface area (Å²) in [6.07, 6.45) is 1.41. The van der Waals surface area contributed by atoms with E-state index in [1.54, 1.807) is 6.07 Å². The summed E-state index contributed by atoms with van der Waals surface area (Å²) in [6.45, 7) is 0.0660. The van der Waals surface area contributed by atoms with Crippen LogP contribution in [0.4, 0.5) is 0 Å². The molecule has 10 heavy (non-hydrogen) atoms. The van der Waals surface area contributed by atoms with Crippen molar-refractivity contribution < 1.29 is 9.52 Å². The Labute approximate surface area is 60.9 Å². The number of oxazole rings is 1. The minimum absolute atomic E-state index is 0.0660. The molecule has 0 aliphatic heterocycles. The number of thiophene rings is 1. The number of aromatic nitrogens is 1. The molecule has 2 aromatic heterocycles. The molecule has 52 valence electrons. The third kappa shape index (κ3) is 0.732. The Morgan fingerprint density at radius 2 is 2.60 bits per heavy atom. The Morgan fingerprint density at radius 1 is 1.70 bits per heavy atom. The van der Waals surface area contributed by atoms with E-state index in [-0.39, 0.29) is 6.61 Å². The van der Waals surface area contributed by atoms with E-state index < -0.39 is 0 Å². The van der Waals surface area contributed by atoms with Crippen LogP contribution in [0.3, 0.4) is 0 Å². The molecule has 2 heterocycles. The van der Waals surface area contributed by atoms with E-state index in [0.29, 0.717) is 0 Å². The number of hydrogen-bond donors (Lipinski definition) is 1. The molecular formula is C6H5NO2S. The van der Waals surface area contributed by atoms with Crippen LogP contribution < -0.4 is 0 Å². The molecule has 1 N–H and O–H groups in total. The topological polar surface area (TPSA) is 46.3 Å². The highest BCUT2D eigenvalue weighted by molar-refractivity contribution is 7.18. The quantitative estimate of drug-likeness (QED) is 0.676. The van der Waals surface area contributed by atoms with Gasteiger partial charge in [0.25, 0.3) is 0 Å². The van der Waals surface area contributed by atoms with Crippen LogP contribution in [0.5, 0.6) is 0 Å². The minimum Gasteiger partial charge on any atom is -0.443 e. The summed E-state index contributed by atoms with van der Waals surface area (Å²) in [7, 11) is 0. The zero-order valence-electron chi connectivity index (χ0n) is 5.07. The first-order valence-electron chi connectivity index (χ1n) is 2.83. The summed E-state index contributed by atoms with van der Waals surface area (Å²) >= 11 is 1.45. The van der Waals surface area contributed by atoms with Crippen LogP contribution in [0.15, 0.2) is 16.9 Å². The minimum atomic E-state index is 0.0660. The van der Waals surface area contributed by atoms with Crippen LogP contribution in [-0.2, 0) is 6.61 Å². The predicted octanol–water partition coefficient (Wildman–Crippen LogP) is 1.38. The molecule has 0 radical (unpaired) electrons. The summed E-state index contributed by atoms with van der Waals surface area (Å²) in [5.74, 6) is 0. The molecule has 3 nitrogen and oxygen atoms in total. The van der Waals surface area contributed by atoms with E-state index in [9.17, 15) is 0 Å². The number of nitrogens with zero attached hydrogens (tertiary/aromatic N) is 1. The maximum absolute atomic E-state index is 8.70. The van der Waals surface area contributed by atoms with Gasteiger partial charge in [0.15, 0.2) is 16.8 Å². The predicted molar refractivity (Wildman–Crippen MR) is 37.8 cm³/mol. The molecule has 0 fully saturated rings. The SMILES string of the molecule is OCc1cc2ocnc2s1. The highest BCUT2D eigenvalue weighted by Gasteiger charge is 2.02. The zero-order valence-corrected chi connectivity index (χ0v) is 5.89. The molecule has 0 aliphatic rings. The highest BCUT2D eigenvalue weighted by Crippen LogP contribution is 2.23.